The van der Waals surface area contributed by atoms with Gasteiger partial charge >= 0.3 is 0 Å². The van der Waals surface area contributed by atoms with E-state index in [0.29, 0.717) is 6.04 Å². The van der Waals surface area contributed by atoms with Gasteiger partial charge in [0.1, 0.15) is 11.2 Å². The van der Waals surface area contributed by atoms with Crippen LogP contribution >= 0.6 is 0 Å². The SMILES string of the molecule is CCCCC(C)Nc1ccc2oc3ccccc3c2c1. The van der Waals surface area contributed by atoms with Crippen LogP contribution in [0.1, 0.15) is 33.1 Å². The Morgan fingerprint density at radius 3 is 2.70 bits per heavy atom. The topological polar surface area (TPSA) is 25.2 Å². The van der Waals surface area contributed by atoms with Crippen molar-refractivity contribution in [1.82, 2.24) is 0 Å². The minimum Gasteiger partial charge on any atom is -0.456 e. The fourth-order valence-corrected chi connectivity index (χ4v) is 2.68. The van der Waals surface area contributed by atoms with Crippen LogP contribution in [0.15, 0.2) is 46.9 Å². The molecule has 0 aliphatic carbocycles. The number of nitrogens with one attached hydrogen (secondary N) is 1. The van der Waals surface area contributed by atoms with E-state index in [1.807, 2.05) is 12.1 Å². The molecule has 1 heterocycles. The summed E-state index contributed by atoms with van der Waals surface area (Å²) in [6.07, 6.45) is 3.73. The Morgan fingerprint density at radius 1 is 1.05 bits per heavy atom. The van der Waals surface area contributed by atoms with Crippen LogP contribution in [0.5, 0.6) is 0 Å². The average Bonchev–Trinajstić information content (AvgIpc) is 2.83. The number of hydrogen-bond acceptors (Lipinski definition) is 2. The zero-order valence-electron chi connectivity index (χ0n) is 12.1. The normalized spacial score (nSPS) is 12.9. The van der Waals surface area contributed by atoms with Gasteiger partial charge in [-0.25, -0.2) is 0 Å². The number of hydrogen-bond donors (Lipinski definition) is 1. The first kappa shape index (κ1) is 13.0. The highest BCUT2D eigenvalue weighted by molar-refractivity contribution is 6.05. The van der Waals surface area contributed by atoms with Crippen LogP contribution in [-0.4, -0.2) is 6.04 Å². The Labute approximate surface area is 119 Å². The zero-order valence-corrected chi connectivity index (χ0v) is 12.1. The highest BCUT2D eigenvalue weighted by Gasteiger charge is 2.08. The molecule has 1 aromatic heterocycles. The Hall–Kier alpha value is -1.96. The maximum atomic E-state index is 5.85. The highest BCUT2D eigenvalue weighted by atomic mass is 16.3. The number of para-hydroxylation sites is 1. The number of benzene rings is 2. The lowest BCUT2D eigenvalue weighted by molar-refractivity contribution is 0.645. The van der Waals surface area contributed by atoms with E-state index in [1.165, 1.54) is 35.7 Å². The summed E-state index contributed by atoms with van der Waals surface area (Å²) in [7, 11) is 0. The molecule has 0 saturated carbocycles. The van der Waals surface area contributed by atoms with E-state index in [4.69, 9.17) is 4.42 Å². The fourth-order valence-electron chi connectivity index (χ4n) is 2.68. The summed E-state index contributed by atoms with van der Waals surface area (Å²) < 4.78 is 5.85. The van der Waals surface area contributed by atoms with Crippen molar-refractivity contribution in [2.75, 3.05) is 5.32 Å². The molecule has 3 aromatic rings. The molecule has 1 atom stereocenters. The van der Waals surface area contributed by atoms with Crippen LogP contribution in [0.25, 0.3) is 21.9 Å². The monoisotopic (exact) mass is 267 g/mol. The van der Waals surface area contributed by atoms with Gasteiger partial charge in [-0.05, 0) is 37.6 Å². The van der Waals surface area contributed by atoms with Crippen molar-refractivity contribution in [3.8, 4) is 0 Å². The molecule has 0 fully saturated rings. The van der Waals surface area contributed by atoms with Crippen LogP contribution in [0.2, 0.25) is 0 Å². The number of rotatable bonds is 5. The average molecular weight is 267 g/mol. The van der Waals surface area contributed by atoms with Gasteiger partial charge in [0, 0.05) is 22.5 Å². The van der Waals surface area contributed by atoms with Gasteiger partial charge in [0.25, 0.3) is 0 Å². The van der Waals surface area contributed by atoms with Gasteiger partial charge < -0.3 is 9.73 Å². The molecular weight excluding hydrogens is 246 g/mol. The van der Waals surface area contributed by atoms with Crippen LogP contribution in [-0.2, 0) is 0 Å². The number of furan rings is 1. The molecule has 0 amide bonds. The van der Waals surface area contributed by atoms with Crippen LogP contribution < -0.4 is 5.32 Å². The molecule has 2 nitrogen and oxygen atoms in total. The number of fused-ring (bicyclic) bond motifs is 3. The molecule has 104 valence electrons. The smallest absolute Gasteiger partial charge is 0.135 e. The minimum absolute atomic E-state index is 0.505. The summed E-state index contributed by atoms with van der Waals surface area (Å²) in [6, 6.07) is 15.1. The molecule has 0 spiro atoms. The Bertz CT molecular complexity index is 714. The summed E-state index contributed by atoms with van der Waals surface area (Å²) in [5.41, 5.74) is 3.09. The minimum atomic E-state index is 0.505. The van der Waals surface area contributed by atoms with Gasteiger partial charge in [0.05, 0.1) is 0 Å². The van der Waals surface area contributed by atoms with Crippen molar-refractivity contribution in [3.63, 3.8) is 0 Å². The van der Waals surface area contributed by atoms with Crippen LogP contribution in [0, 0.1) is 0 Å². The highest BCUT2D eigenvalue weighted by Crippen LogP contribution is 2.30. The van der Waals surface area contributed by atoms with E-state index in [1.54, 1.807) is 0 Å². The second-order valence-corrected chi connectivity index (χ2v) is 5.50. The Balaban J connectivity index is 1.91. The van der Waals surface area contributed by atoms with Gasteiger partial charge in [0.15, 0.2) is 0 Å². The first-order chi connectivity index (χ1) is 9.78. The lowest BCUT2D eigenvalue weighted by atomic mass is 10.1. The second-order valence-electron chi connectivity index (χ2n) is 5.50. The quantitative estimate of drug-likeness (QED) is 0.653. The van der Waals surface area contributed by atoms with Crippen LogP contribution in [0.3, 0.4) is 0 Å². The number of anilines is 1. The standard InChI is InChI=1S/C18H21NO/c1-3-4-7-13(2)19-14-10-11-18-16(12-14)15-8-5-6-9-17(15)20-18/h5-6,8-13,19H,3-4,7H2,1-2H3. The van der Waals surface area contributed by atoms with E-state index in [9.17, 15) is 0 Å². The Kier molecular flexibility index (Phi) is 3.64. The predicted molar refractivity (Wildman–Crippen MR) is 86.3 cm³/mol. The zero-order chi connectivity index (χ0) is 13.9. The van der Waals surface area contributed by atoms with Gasteiger partial charge in [-0.3, -0.25) is 0 Å². The summed E-state index contributed by atoms with van der Waals surface area (Å²) in [5.74, 6) is 0. The van der Waals surface area contributed by atoms with Gasteiger partial charge in [-0.2, -0.15) is 0 Å². The third-order valence-electron chi connectivity index (χ3n) is 3.78. The molecule has 2 heteroatoms. The first-order valence-corrected chi connectivity index (χ1v) is 7.46. The summed E-state index contributed by atoms with van der Waals surface area (Å²) in [4.78, 5) is 0. The van der Waals surface area contributed by atoms with E-state index in [2.05, 4.69) is 49.5 Å². The van der Waals surface area contributed by atoms with Crippen molar-refractivity contribution < 1.29 is 4.42 Å². The molecule has 0 bridgehead atoms. The maximum absolute atomic E-state index is 5.85. The lowest BCUT2D eigenvalue weighted by Crippen LogP contribution is -2.14. The van der Waals surface area contributed by atoms with E-state index >= 15 is 0 Å². The van der Waals surface area contributed by atoms with E-state index < -0.39 is 0 Å². The predicted octanol–water partition coefficient (Wildman–Crippen LogP) is 5.58. The Morgan fingerprint density at radius 2 is 1.85 bits per heavy atom. The fraction of sp³-hybridized carbons (Fsp3) is 0.333. The molecular formula is C18H21NO. The van der Waals surface area contributed by atoms with Crippen LogP contribution in [0.4, 0.5) is 5.69 Å². The summed E-state index contributed by atoms with van der Waals surface area (Å²) >= 11 is 0. The van der Waals surface area contributed by atoms with Gasteiger partial charge in [-0.1, -0.05) is 38.0 Å². The van der Waals surface area contributed by atoms with Crippen molar-refractivity contribution in [3.05, 3.63) is 42.5 Å². The lowest BCUT2D eigenvalue weighted by Gasteiger charge is -2.14. The van der Waals surface area contributed by atoms with Gasteiger partial charge in [0.2, 0.25) is 0 Å². The molecule has 0 saturated heterocycles. The van der Waals surface area contributed by atoms with E-state index in [0.717, 1.165) is 11.2 Å². The van der Waals surface area contributed by atoms with Crippen molar-refractivity contribution in [2.24, 2.45) is 0 Å². The third kappa shape index (κ3) is 2.51. The molecule has 2 aromatic carbocycles. The first-order valence-electron chi connectivity index (χ1n) is 7.46. The molecule has 20 heavy (non-hydrogen) atoms. The summed E-state index contributed by atoms with van der Waals surface area (Å²) in [5, 5.41) is 5.96. The number of unbranched alkanes of at least 4 members (excludes halogenated alkanes) is 1. The third-order valence-corrected chi connectivity index (χ3v) is 3.78. The van der Waals surface area contributed by atoms with Crippen molar-refractivity contribution in [2.45, 2.75) is 39.2 Å². The molecule has 0 aliphatic rings. The van der Waals surface area contributed by atoms with Gasteiger partial charge in [-0.15, -0.1) is 0 Å². The van der Waals surface area contributed by atoms with Crippen molar-refractivity contribution in [1.29, 1.82) is 0 Å². The molecule has 1 N–H and O–H groups in total. The largest absolute Gasteiger partial charge is 0.456 e. The molecule has 1 unspecified atom stereocenters. The maximum Gasteiger partial charge on any atom is 0.135 e. The second kappa shape index (κ2) is 5.58. The summed E-state index contributed by atoms with van der Waals surface area (Å²) in [6.45, 7) is 4.48. The van der Waals surface area contributed by atoms with Crippen molar-refractivity contribution >= 4 is 27.6 Å². The molecule has 0 aliphatic heterocycles. The molecule has 3 rings (SSSR count). The van der Waals surface area contributed by atoms with E-state index in [-0.39, 0.29) is 0 Å². The molecule has 0 radical (unpaired) electrons.